The van der Waals surface area contributed by atoms with Crippen molar-refractivity contribution in [2.24, 2.45) is 0 Å². The molecule has 1 N–H and O–H groups in total. The van der Waals surface area contributed by atoms with Crippen molar-refractivity contribution in [2.75, 3.05) is 7.11 Å². The van der Waals surface area contributed by atoms with Crippen molar-refractivity contribution in [1.82, 2.24) is 0 Å². The third-order valence-corrected chi connectivity index (χ3v) is 1.49. The summed E-state index contributed by atoms with van der Waals surface area (Å²) in [5.41, 5.74) is 0. The molecule has 0 aliphatic carbocycles. The normalized spacial score (nSPS) is 14.1. The van der Waals surface area contributed by atoms with Gasteiger partial charge in [0.15, 0.2) is 0 Å². The van der Waals surface area contributed by atoms with Crippen LogP contribution < -0.4 is 0 Å². The molecule has 0 spiro atoms. The zero-order valence-electron chi connectivity index (χ0n) is 8.76. The van der Waals surface area contributed by atoms with Crippen LogP contribution in [0.1, 0.15) is 20.3 Å². The van der Waals surface area contributed by atoms with Crippen molar-refractivity contribution < 1.29 is 34.2 Å². The summed E-state index contributed by atoms with van der Waals surface area (Å²) in [6.07, 6.45) is -1.73. The van der Waals surface area contributed by atoms with E-state index < -0.39 is 24.1 Å². The minimum atomic E-state index is -0.823. The Labute approximate surface area is 86.7 Å². The molecule has 7 nitrogen and oxygen atoms in total. The molecule has 0 bridgehead atoms. The molecule has 0 saturated carbocycles. The predicted octanol–water partition coefficient (Wildman–Crippen LogP) is -0.275. The maximum absolute atomic E-state index is 11.0. The van der Waals surface area contributed by atoms with E-state index >= 15 is 0 Å². The smallest absolute Gasteiger partial charge is 0.349 e. The third-order valence-electron chi connectivity index (χ3n) is 1.49. The quantitative estimate of drug-likeness (QED) is 0.488. The summed E-state index contributed by atoms with van der Waals surface area (Å²) < 4.78 is 4.80. The van der Waals surface area contributed by atoms with Crippen LogP contribution in [0.15, 0.2) is 0 Å². The van der Waals surface area contributed by atoms with Crippen LogP contribution in [0.5, 0.6) is 0 Å². The van der Waals surface area contributed by atoms with E-state index in [2.05, 4.69) is 14.8 Å². The van der Waals surface area contributed by atoms with E-state index in [-0.39, 0.29) is 6.42 Å². The largest absolute Gasteiger partial charge is 0.391 e. The van der Waals surface area contributed by atoms with Gasteiger partial charge in [-0.3, -0.25) is 9.78 Å². The van der Waals surface area contributed by atoms with Gasteiger partial charge in [-0.2, -0.15) is 0 Å². The first-order chi connectivity index (χ1) is 6.97. The Morgan fingerprint density at radius 1 is 1.33 bits per heavy atom. The van der Waals surface area contributed by atoms with E-state index in [1.807, 2.05) is 0 Å². The molecule has 88 valence electrons. The number of methoxy groups -OCH3 is 1. The Hall–Kier alpha value is -1.18. The van der Waals surface area contributed by atoms with Crippen molar-refractivity contribution in [3.8, 4) is 0 Å². The molecule has 0 rings (SSSR count). The molecule has 7 heteroatoms. The molecule has 0 saturated heterocycles. The second-order valence-electron chi connectivity index (χ2n) is 2.82. The molecular weight excluding hydrogens is 208 g/mol. The minimum absolute atomic E-state index is 0.213. The second kappa shape index (κ2) is 7.16. The summed E-state index contributed by atoms with van der Waals surface area (Å²) >= 11 is 0. The van der Waals surface area contributed by atoms with Crippen molar-refractivity contribution >= 4 is 11.9 Å². The van der Waals surface area contributed by atoms with E-state index in [1.54, 1.807) is 0 Å². The standard InChI is InChI=1S/C8H14O7/c1-5(9)7(12-3)4-8(11)14-15-13-6(2)10/h5,7,9H,4H2,1-3H3. The average Bonchev–Trinajstić information content (AvgIpc) is 2.13. The Balaban J connectivity index is 3.76. The van der Waals surface area contributed by atoms with E-state index in [0.717, 1.165) is 6.92 Å². The lowest BCUT2D eigenvalue weighted by atomic mass is 10.1. The van der Waals surface area contributed by atoms with Gasteiger partial charge in [-0.1, -0.05) is 0 Å². The topological polar surface area (TPSA) is 91.3 Å². The Morgan fingerprint density at radius 2 is 1.93 bits per heavy atom. The molecule has 0 aromatic heterocycles. The number of rotatable bonds is 6. The highest BCUT2D eigenvalue weighted by atomic mass is 17.5. The van der Waals surface area contributed by atoms with Crippen molar-refractivity contribution in [3.63, 3.8) is 0 Å². The van der Waals surface area contributed by atoms with Crippen molar-refractivity contribution in [2.45, 2.75) is 32.5 Å². The molecule has 0 aliphatic rings. The summed E-state index contributed by atoms with van der Waals surface area (Å²) in [6.45, 7) is 2.55. The predicted molar refractivity (Wildman–Crippen MR) is 46.0 cm³/mol. The Morgan fingerprint density at radius 3 is 2.33 bits per heavy atom. The van der Waals surface area contributed by atoms with Gasteiger partial charge < -0.3 is 9.84 Å². The average molecular weight is 222 g/mol. The van der Waals surface area contributed by atoms with Crippen LogP contribution in [-0.4, -0.2) is 36.4 Å². The number of aliphatic hydroxyl groups is 1. The number of carbonyl (C=O) groups is 2. The fourth-order valence-electron chi connectivity index (χ4n) is 0.752. The summed E-state index contributed by atoms with van der Waals surface area (Å²) in [5.74, 6) is -1.56. The third kappa shape index (κ3) is 6.83. The Bertz CT molecular complexity index is 213. The number of hydrogen-bond acceptors (Lipinski definition) is 7. The van der Waals surface area contributed by atoms with Gasteiger partial charge in [-0.25, -0.2) is 9.59 Å². The highest BCUT2D eigenvalue weighted by Gasteiger charge is 2.20. The highest BCUT2D eigenvalue weighted by molar-refractivity contribution is 5.69. The van der Waals surface area contributed by atoms with Gasteiger partial charge in [0, 0.05) is 19.1 Å². The molecule has 0 aromatic rings. The maximum Gasteiger partial charge on any atom is 0.349 e. The van der Waals surface area contributed by atoms with Crippen LogP contribution in [-0.2, 0) is 29.1 Å². The van der Waals surface area contributed by atoms with Crippen molar-refractivity contribution in [1.29, 1.82) is 0 Å². The molecule has 0 heterocycles. The first-order valence-electron chi connectivity index (χ1n) is 4.22. The van der Waals surface area contributed by atoms with E-state index in [9.17, 15) is 9.59 Å². The molecule has 15 heavy (non-hydrogen) atoms. The molecule has 0 aliphatic heterocycles. The number of hydrogen-bond donors (Lipinski definition) is 1. The van der Waals surface area contributed by atoms with Gasteiger partial charge in [0.1, 0.15) is 0 Å². The lowest BCUT2D eigenvalue weighted by Crippen LogP contribution is -2.28. The summed E-state index contributed by atoms with van der Waals surface area (Å²) in [6, 6.07) is 0. The zero-order valence-corrected chi connectivity index (χ0v) is 8.76. The van der Waals surface area contributed by atoms with E-state index in [1.165, 1.54) is 14.0 Å². The summed E-state index contributed by atoms with van der Waals surface area (Å²) in [4.78, 5) is 29.1. The van der Waals surface area contributed by atoms with Gasteiger partial charge in [0.2, 0.25) is 0 Å². The maximum atomic E-state index is 11.0. The molecule has 0 radical (unpaired) electrons. The van der Waals surface area contributed by atoms with Crippen LogP contribution in [0.25, 0.3) is 0 Å². The first kappa shape index (κ1) is 13.8. The summed E-state index contributed by atoms with van der Waals surface area (Å²) in [5, 5.41) is 13.0. The lowest BCUT2D eigenvalue weighted by Gasteiger charge is -2.15. The molecule has 2 atom stereocenters. The van der Waals surface area contributed by atoms with Gasteiger partial charge in [0.25, 0.3) is 0 Å². The SMILES string of the molecule is COC(CC(=O)OOOC(C)=O)C(C)O. The van der Waals surface area contributed by atoms with Crippen LogP contribution in [0.4, 0.5) is 0 Å². The van der Waals surface area contributed by atoms with E-state index in [0.29, 0.717) is 0 Å². The molecule has 0 amide bonds. The number of ether oxygens (including phenoxy) is 1. The van der Waals surface area contributed by atoms with Crippen LogP contribution in [0, 0.1) is 0 Å². The Kier molecular flexibility index (Phi) is 6.59. The summed E-state index contributed by atoms with van der Waals surface area (Å²) in [7, 11) is 1.34. The molecule has 2 unspecified atom stereocenters. The molecular formula is C8H14O7. The van der Waals surface area contributed by atoms with Gasteiger partial charge in [-0.15, -0.1) is 0 Å². The monoisotopic (exact) mass is 222 g/mol. The van der Waals surface area contributed by atoms with Gasteiger partial charge >= 0.3 is 11.9 Å². The van der Waals surface area contributed by atoms with Crippen LogP contribution in [0.2, 0.25) is 0 Å². The number of carbonyl (C=O) groups excluding carboxylic acids is 2. The fourth-order valence-corrected chi connectivity index (χ4v) is 0.752. The van der Waals surface area contributed by atoms with Gasteiger partial charge in [0.05, 0.1) is 18.6 Å². The molecule has 0 aromatic carbocycles. The second-order valence-corrected chi connectivity index (χ2v) is 2.82. The van der Waals surface area contributed by atoms with E-state index in [4.69, 9.17) is 9.84 Å². The van der Waals surface area contributed by atoms with Crippen LogP contribution >= 0.6 is 0 Å². The minimum Gasteiger partial charge on any atom is -0.391 e. The van der Waals surface area contributed by atoms with Crippen LogP contribution in [0.3, 0.4) is 0 Å². The number of aliphatic hydroxyl groups excluding tert-OH is 1. The van der Waals surface area contributed by atoms with Crippen molar-refractivity contribution in [3.05, 3.63) is 0 Å². The molecule has 0 fully saturated rings. The van der Waals surface area contributed by atoms with Gasteiger partial charge in [-0.05, 0) is 6.92 Å². The first-order valence-corrected chi connectivity index (χ1v) is 4.22. The fraction of sp³-hybridized carbons (Fsp3) is 0.750. The lowest BCUT2D eigenvalue weighted by molar-refractivity contribution is -0.459. The zero-order chi connectivity index (χ0) is 11.8. The highest BCUT2D eigenvalue weighted by Crippen LogP contribution is 2.04.